The van der Waals surface area contributed by atoms with Gasteiger partial charge in [0.2, 0.25) is 0 Å². The third-order valence-corrected chi connectivity index (χ3v) is 2.62. The van der Waals surface area contributed by atoms with E-state index in [4.69, 9.17) is 5.73 Å². The fourth-order valence-corrected chi connectivity index (χ4v) is 1.61. The molecule has 1 heterocycles. The van der Waals surface area contributed by atoms with Crippen molar-refractivity contribution in [1.82, 2.24) is 4.98 Å². The zero-order chi connectivity index (χ0) is 9.64. The van der Waals surface area contributed by atoms with E-state index in [0.717, 1.165) is 24.1 Å². The van der Waals surface area contributed by atoms with Crippen molar-refractivity contribution in [3.8, 4) is 5.75 Å². The van der Waals surface area contributed by atoms with Crippen molar-refractivity contribution in [2.24, 2.45) is 5.73 Å². The summed E-state index contributed by atoms with van der Waals surface area (Å²) >= 11 is 0. The number of aromatic nitrogens is 1. The number of hydrogen-bond donors (Lipinski definition) is 2. The molecule has 0 saturated heterocycles. The Bertz CT molecular complexity index is 356. The van der Waals surface area contributed by atoms with Crippen molar-refractivity contribution < 1.29 is 5.11 Å². The Morgan fingerprint density at radius 1 is 1.46 bits per heavy atom. The van der Waals surface area contributed by atoms with Gasteiger partial charge in [-0.15, -0.1) is 0 Å². The van der Waals surface area contributed by atoms with Crippen molar-refractivity contribution in [2.45, 2.75) is 32.2 Å². The fourth-order valence-electron chi connectivity index (χ4n) is 1.61. The molecule has 1 saturated carbocycles. The molecule has 1 aromatic rings. The lowest BCUT2D eigenvalue weighted by atomic mass is 10.0. The first-order valence-electron chi connectivity index (χ1n) is 4.49. The van der Waals surface area contributed by atoms with E-state index >= 15 is 0 Å². The first-order valence-corrected chi connectivity index (χ1v) is 4.49. The summed E-state index contributed by atoms with van der Waals surface area (Å²) < 4.78 is 0. The van der Waals surface area contributed by atoms with Gasteiger partial charge in [-0.1, -0.05) is 0 Å². The molecule has 0 atom stereocenters. The maximum atomic E-state index is 9.76. The van der Waals surface area contributed by atoms with Gasteiger partial charge < -0.3 is 10.8 Å². The van der Waals surface area contributed by atoms with Gasteiger partial charge in [-0.3, -0.25) is 4.98 Å². The highest BCUT2D eigenvalue weighted by molar-refractivity contribution is 5.44. The maximum Gasteiger partial charge on any atom is 0.141 e. The van der Waals surface area contributed by atoms with E-state index in [2.05, 4.69) is 4.98 Å². The minimum absolute atomic E-state index is 0.269. The van der Waals surface area contributed by atoms with Crippen LogP contribution >= 0.6 is 0 Å². The summed E-state index contributed by atoms with van der Waals surface area (Å²) in [7, 11) is 0. The van der Waals surface area contributed by atoms with Gasteiger partial charge in [-0.2, -0.15) is 0 Å². The number of nitrogens with zero attached hydrogens (tertiary/aromatic N) is 1. The van der Waals surface area contributed by atoms with E-state index in [0.29, 0.717) is 5.69 Å². The van der Waals surface area contributed by atoms with E-state index in [9.17, 15) is 5.11 Å². The van der Waals surface area contributed by atoms with Crippen molar-refractivity contribution in [1.29, 1.82) is 0 Å². The molecule has 0 bridgehead atoms. The summed E-state index contributed by atoms with van der Waals surface area (Å²) in [5, 5.41) is 9.76. The van der Waals surface area contributed by atoms with E-state index in [1.807, 2.05) is 13.0 Å². The molecule has 13 heavy (non-hydrogen) atoms. The van der Waals surface area contributed by atoms with Crippen molar-refractivity contribution in [2.75, 3.05) is 0 Å². The van der Waals surface area contributed by atoms with Gasteiger partial charge in [0, 0.05) is 16.8 Å². The van der Waals surface area contributed by atoms with E-state index < -0.39 is 0 Å². The molecule has 3 N–H and O–H groups in total. The van der Waals surface area contributed by atoms with Crippen LogP contribution in [0, 0.1) is 13.8 Å². The molecule has 1 aliphatic rings. The molecule has 70 valence electrons. The molecular weight excluding hydrogens is 164 g/mol. The SMILES string of the molecule is Cc1cc(C2(N)CC2)c(O)c(C)n1. The van der Waals surface area contributed by atoms with Crippen molar-refractivity contribution >= 4 is 0 Å². The second kappa shape index (κ2) is 2.45. The molecule has 1 fully saturated rings. The van der Waals surface area contributed by atoms with Crippen LogP contribution in [0.4, 0.5) is 0 Å². The van der Waals surface area contributed by atoms with Gasteiger partial charge >= 0.3 is 0 Å². The number of rotatable bonds is 1. The quantitative estimate of drug-likeness (QED) is 0.682. The predicted octanol–water partition coefficient (Wildman–Crippen LogP) is 1.35. The van der Waals surface area contributed by atoms with Crippen LogP contribution in [0.5, 0.6) is 5.75 Å². The first-order chi connectivity index (χ1) is 6.03. The molecule has 2 rings (SSSR count). The second-order valence-electron chi connectivity index (χ2n) is 3.90. The molecule has 0 aliphatic heterocycles. The zero-order valence-corrected chi connectivity index (χ0v) is 7.96. The smallest absolute Gasteiger partial charge is 0.141 e. The maximum absolute atomic E-state index is 9.76. The standard InChI is InChI=1S/C10H14N2O/c1-6-5-8(10(11)3-4-10)9(13)7(2)12-6/h5,13H,3-4,11H2,1-2H3. The fraction of sp³-hybridized carbons (Fsp3) is 0.500. The van der Waals surface area contributed by atoms with Crippen molar-refractivity contribution in [3.05, 3.63) is 23.0 Å². The summed E-state index contributed by atoms with van der Waals surface area (Å²) in [6.45, 7) is 3.72. The van der Waals surface area contributed by atoms with Crippen LogP contribution in [-0.4, -0.2) is 10.1 Å². The average molecular weight is 178 g/mol. The molecule has 0 spiro atoms. The van der Waals surface area contributed by atoms with Gasteiger partial charge in [-0.25, -0.2) is 0 Å². The lowest BCUT2D eigenvalue weighted by Gasteiger charge is -2.13. The molecular formula is C10H14N2O. The Morgan fingerprint density at radius 3 is 2.62 bits per heavy atom. The third kappa shape index (κ3) is 1.29. The summed E-state index contributed by atoms with van der Waals surface area (Å²) in [6, 6.07) is 1.88. The Labute approximate surface area is 77.6 Å². The Hall–Kier alpha value is -1.09. The first kappa shape index (κ1) is 8.51. The van der Waals surface area contributed by atoms with Crippen molar-refractivity contribution in [3.63, 3.8) is 0 Å². The lowest BCUT2D eigenvalue weighted by molar-refractivity contribution is 0.451. The molecule has 0 radical (unpaired) electrons. The van der Waals surface area contributed by atoms with Gasteiger partial charge in [0.25, 0.3) is 0 Å². The summed E-state index contributed by atoms with van der Waals surface area (Å²) in [5.41, 5.74) is 8.19. The number of hydrogen-bond acceptors (Lipinski definition) is 3. The number of nitrogens with two attached hydrogens (primary N) is 1. The summed E-state index contributed by atoms with van der Waals surface area (Å²) in [6.07, 6.45) is 1.92. The highest BCUT2D eigenvalue weighted by Crippen LogP contribution is 2.46. The van der Waals surface area contributed by atoms with Gasteiger partial charge in [0.05, 0.1) is 5.69 Å². The summed E-state index contributed by atoms with van der Waals surface area (Å²) in [5.74, 6) is 0.269. The molecule has 0 amide bonds. The normalized spacial score (nSPS) is 18.7. The topological polar surface area (TPSA) is 59.1 Å². The number of aromatic hydroxyl groups is 1. The monoisotopic (exact) mass is 178 g/mol. The van der Waals surface area contributed by atoms with Gasteiger partial charge in [0.1, 0.15) is 5.75 Å². The molecule has 3 heteroatoms. The number of aryl methyl sites for hydroxylation is 2. The largest absolute Gasteiger partial charge is 0.506 e. The highest BCUT2D eigenvalue weighted by Gasteiger charge is 2.42. The van der Waals surface area contributed by atoms with Crippen LogP contribution in [0.1, 0.15) is 29.8 Å². The van der Waals surface area contributed by atoms with E-state index in [1.165, 1.54) is 0 Å². The van der Waals surface area contributed by atoms with Crippen LogP contribution in [0.25, 0.3) is 0 Å². The zero-order valence-electron chi connectivity index (χ0n) is 7.96. The Kier molecular flexibility index (Phi) is 1.60. The van der Waals surface area contributed by atoms with E-state index in [-0.39, 0.29) is 11.3 Å². The summed E-state index contributed by atoms with van der Waals surface area (Å²) in [4.78, 5) is 4.17. The van der Waals surface area contributed by atoms with Crippen LogP contribution in [0.15, 0.2) is 6.07 Å². The Morgan fingerprint density at radius 2 is 2.08 bits per heavy atom. The molecule has 1 aliphatic carbocycles. The molecule has 3 nitrogen and oxygen atoms in total. The molecule has 1 aromatic heterocycles. The minimum atomic E-state index is -0.275. The van der Waals surface area contributed by atoms with Crippen LogP contribution < -0.4 is 5.73 Å². The van der Waals surface area contributed by atoms with Crippen LogP contribution in [-0.2, 0) is 5.54 Å². The Balaban J connectivity index is 2.56. The van der Waals surface area contributed by atoms with Gasteiger partial charge in [0.15, 0.2) is 0 Å². The predicted molar refractivity (Wildman–Crippen MR) is 50.5 cm³/mol. The highest BCUT2D eigenvalue weighted by atomic mass is 16.3. The average Bonchev–Trinajstić information content (AvgIpc) is 2.77. The molecule has 0 unspecified atom stereocenters. The molecule has 0 aromatic carbocycles. The van der Waals surface area contributed by atoms with Crippen LogP contribution in [0.2, 0.25) is 0 Å². The minimum Gasteiger partial charge on any atom is -0.506 e. The van der Waals surface area contributed by atoms with Gasteiger partial charge in [-0.05, 0) is 32.8 Å². The van der Waals surface area contributed by atoms with Crippen LogP contribution in [0.3, 0.4) is 0 Å². The third-order valence-electron chi connectivity index (χ3n) is 2.62. The number of pyridine rings is 1. The lowest BCUT2D eigenvalue weighted by Crippen LogP contribution is -2.19. The van der Waals surface area contributed by atoms with E-state index in [1.54, 1.807) is 6.92 Å². The second-order valence-corrected chi connectivity index (χ2v) is 3.90.